The molecule has 3 aromatic rings. The van der Waals surface area contributed by atoms with Gasteiger partial charge >= 0.3 is 0 Å². The molecular formula is C26H20FIN2O4S. The molecule has 35 heavy (non-hydrogen) atoms. The number of hydrogen-bond acceptors (Lipinski definition) is 5. The molecule has 4 rings (SSSR count). The highest BCUT2D eigenvalue weighted by molar-refractivity contribution is 14.1. The van der Waals surface area contributed by atoms with Gasteiger partial charge in [-0.2, -0.15) is 0 Å². The molecule has 0 spiro atoms. The molecule has 6 nitrogen and oxygen atoms in total. The van der Waals surface area contributed by atoms with Gasteiger partial charge in [-0.25, -0.2) is 4.39 Å². The summed E-state index contributed by atoms with van der Waals surface area (Å²) < 4.78 is 20.1. The fourth-order valence-corrected chi connectivity index (χ4v) is 4.80. The van der Waals surface area contributed by atoms with E-state index in [4.69, 9.17) is 4.74 Å². The zero-order chi connectivity index (χ0) is 24.9. The largest absolute Gasteiger partial charge is 0.488 e. The molecule has 9 heteroatoms. The molecule has 0 aromatic heterocycles. The van der Waals surface area contributed by atoms with Crippen LogP contribution in [0, 0.1) is 16.3 Å². The summed E-state index contributed by atoms with van der Waals surface area (Å²) in [5, 5.41) is 1.95. The molecule has 1 N–H and O–H groups in total. The van der Waals surface area contributed by atoms with Crippen molar-refractivity contribution >= 4 is 63.2 Å². The summed E-state index contributed by atoms with van der Waals surface area (Å²) in [4.78, 5) is 38.5. The van der Waals surface area contributed by atoms with Crippen molar-refractivity contribution in [2.45, 2.75) is 13.5 Å². The van der Waals surface area contributed by atoms with E-state index in [0.29, 0.717) is 12.4 Å². The summed E-state index contributed by atoms with van der Waals surface area (Å²) in [5.41, 5.74) is 3.22. The molecule has 1 aliphatic heterocycles. The highest BCUT2D eigenvalue weighted by atomic mass is 127. The topological polar surface area (TPSA) is 75.7 Å². The predicted molar refractivity (Wildman–Crippen MR) is 142 cm³/mol. The van der Waals surface area contributed by atoms with E-state index in [2.05, 4.69) is 27.9 Å². The fraction of sp³-hybridized carbons (Fsp3) is 0.115. The summed E-state index contributed by atoms with van der Waals surface area (Å²) in [6, 6.07) is 19.0. The maximum absolute atomic E-state index is 13.3. The molecule has 178 valence electrons. The third kappa shape index (κ3) is 6.49. The normalized spacial score (nSPS) is 14.5. The third-order valence-corrected chi connectivity index (χ3v) is 6.80. The van der Waals surface area contributed by atoms with Crippen molar-refractivity contribution in [3.8, 4) is 5.75 Å². The molecule has 0 atom stereocenters. The van der Waals surface area contributed by atoms with Crippen molar-refractivity contribution in [1.29, 1.82) is 0 Å². The minimum Gasteiger partial charge on any atom is -0.488 e. The number of anilines is 1. The highest BCUT2D eigenvalue weighted by Gasteiger charge is 2.36. The summed E-state index contributed by atoms with van der Waals surface area (Å²) in [6.45, 7) is 2.01. The molecule has 0 radical (unpaired) electrons. The molecule has 3 amide bonds. The second kappa shape index (κ2) is 11.0. The Morgan fingerprint density at radius 2 is 1.89 bits per heavy atom. The van der Waals surface area contributed by atoms with Crippen LogP contribution in [0.1, 0.15) is 16.7 Å². The van der Waals surface area contributed by atoms with Crippen LogP contribution < -0.4 is 10.1 Å². The number of carbonyl (C=O) groups excluding carboxylic acids is 3. The summed E-state index contributed by atoms with van der Waals surface area (Å²) in [7, 11) is 0. The Kier molecular flexibility index (Phi) is 7.86. The Morgan fingerprint density at radius 3 is 2.60 bits per heavy atom. The van der Waals surface area contributed by atoms with Gasteiger partial charge < -0.3 is 10.1 Å². The zero-order valence-corrected chi connectivity index (χ0v) is 21.6. The van der Waals surface area contributed by atoms with Crippen LogP contribution >= 0.6 is 34.4 Å². The second-order valence-corrected chi connectivity index (χ2v) is 9.95. The van der Waals surface area contributed by atoms with Gasteiger partial charge in [0.1, 0.15) is 24.7 Å². The average molecular weight is 602 g/mol. The monoisotopic (exact) mass is 602 g/mol. The number of carbonyl (C=O) groups is 3. The molecule has 1 fully saturated rings. The molecule has 3 aromatic carbocycles. The van der Waals surface area contributed by atoms with E-state index in [1.165, 1.54) is 23.8 Å². The number of aryl methyl sites for hydroxylation is 1. The number of rotatable bonds is 7. The Labute approximate surface area is 219 Å². The predicted octanol–water partition coefficient (Wildman–Crippen LogP) is 5.99. The van der Waals surface area contributed by atoms with Gasteiger partial charge in [0.2, 0.25) is 5.91 Å². The van der Waals surface area contributed by atoms with Crippen LogP contribution in [0.5, 0.6) is 5.75 Å². The molecule has 0 unspecified atom stereocenters. The van der Waals surface area contributed by atoms with E-state index >= 15 is 0 Å². The standard InChI is InChI=1S/C26H20FIN2O4S/c1-16-5-7-17(8-6-16)15-34-22-10-9-18(11-21(22)28)12-23-25(32)30(26(33)35-23)14-24(31)29-20-4-2-3-19(27)13-20/h2-13H,14-15H2,1H3,(H,29,31)/b23-12+. The van der Waals surface area contributed by atoms with Gasteiger partial charge in [-0.05, 0) is 88.8 Å². The number of halogens is 2. The first-order valence-corrected chi connectivity index (χ1v) is 12.5. The van der Waals surface area contributed by atoms with Crippen LogP contribution in [0.4, 0.5) is 14.9 Å². The van der Waals surface area contributed by atoms with Gasteiger partial charge in [0.05, 0.1) is 8.48 Å². The van der Waals surface area contributed by atoms with Gasteiger partial charge in [0.25, 0.3) is 11.1 Å². The first-order valence-electron chi connectivity index (χ1n) is 10.6. The number of nitrogens with one attached hydrogen (secondary N) is 1. The first-order chi connectivity index (χ1) is 16.8. The Morgan fingerprint density at radius 1 is 1.11 bits per heavy atom. The summed E-state index contributed by atoms with van der Waals surface area (Å²) in [6.07, 6.45) is 1.61. The van der Waals surface area contributed by atoms with Crippen molar-refractivity contribution in [2.24, 2.45) is 0 Å². The SMILES string of the molecule is Cc1ccc(COc2ccc(/C=C3/SC(=O)N(CC(=O)Nc4cccc(F)c4)C3=O)cc2I)cc1. The minimum atomic E-state index is -0.594. The molecule has 1 heterocycles. The van der Waals surface area contributed by atoms with Crippen molar-refractivity contribution in [1.82, 2.24) is 4.90 Å². The quantitative estimate of drug-likeness (QED) is 0.266. The number of benzene rings is 3. The van der Waals surface area contributed by atoms with Crippen molar-refractivity contribution in [3.05, 3.63) is 97.7 Å². The lowest BCUT2D eigenvalue weighted by molar-refractivity contribution is -0.127. The number of imide groups is 1. The van der Waals surface area contributed by atoms with E-state index in [9.17, 15) is 18.8 Å². The van der Waals surface area contributed by atoms with E-state index in [1.54, 1.807) is 12.1 Å². The molecule has 1 aliphatic rings. The van der Waals surface area contributed by atoms with E-state index in [1.807, 2.05) is 43.3 Å². The first kappa shape index (κ1) is 24.9. The van der Waals surface area contributed by atoms with E-state index in [-0.39, 0.29) is 10.6 Å². The number of hydrogen-bond donors (Lipinski definition) is 1. The average Bonchev–Trinajstić information content (AvgIpc) is 3.07. The van der Waals surface area contributed by atoms with E-state index < -0.39 is 29.4 Å². The van der Waals surface area contributed by atoms with Crippen LogP contribution in [0.25, 0.3) is 6.08 Å². The van der Waals surface area contributed by atoms with Gasteiger partial charge in [0, 0.05) is 5.69 Å². The Bertz CT molecular complexity index is 1330. The highest BCUT2D eigenvalue weighted by Crippen LogP contribution is 2.33. The van der Waals surface area contributed by atoms with Crippen molar-refractivity contribution in [3.63, 3.8) is 0 Å². The molecule has 1 saturated heterocycles. The smallest absolute Gasteiger partial charge is 0.294 e. The van der Waals surface area contributed by atoms with Gasteiger partial charge in [-0.1, -0.05) is 42.0 Å². The lowest BCUT2D eigenvalue weighted by atomic mass is 10.1. The maximum atomic E-state index is 13.3. The lowest BCUT2D eigenvalue weighted by Gasteiger charge is -2.12. The van der Waals surface area contributed by atoms with Crippen LogP contribution in [0.15, 0.2) is 71.6 Å². The molecular weight excluding hydrogens is 582 g/mol. The third-order valence-electron chi connectivity index (χ3n) is 5.05. The fourth-order valence-electron chi connectivity index (χ4n) is 3.27. The van der Waals surface area contributed by atoms with Crippen LogP contribution in [-0.4, -0.2) is 28.5 Å². The summed E-state index contributed by atoms with van der Waals surface area (Å²) >= 11 is 2.93. The molecule has 0 bridgehead atoms. The number of amides is 3. The maximum Gasteiger partial charge on any atom is 0.294 e. The number of ether oxygens (including phenoxy) is 1. The van der Waals surface area contributed by atoms with Crippen molar-refractivity contribution in [2.75, 3.05) is 11.9 Å². The lowest BCUT2D eigenvalue weighted by Crippen LogP contribution is -2.36. The van der Waals surface area contributed by atoms with Gasteiger partial charge in [-0.3, -0.25) is 19.3 Å². The van der Waals surface area contributed by atoms with Crippen molar-refractivity contribution < 1.29 is 23.5 Å². The second-order valence-electron chi connectivity index (χ2n) is 7.79. The van der Waals surface area contributed by atoms with Gasteiger partial charge in [0.15, 0.2) is 0 Å². The van der Waals surface area contributed by atoms with E-state index in [0.717, 1.165) is 37.4 Å². The summed E-state index contributed by atoms with van der Waals surface area (Å²) in [5.74, 6) is -0.934. The van der Waals surface area contributed by atoms with Crippen LogP contribution in [0.2, 0.25) is 0 Å². The van der Waals surface area contributed by atoms with Crippen LogP contribution in [0.3, 0.4) is 0 Å². The zero-order valence-electron chi connectivity index (χ0n) is 18.6. The van der Waals surface area contributed by atoms with Crippen LogP contribution in [-0.2, 0) is 16.2 Å². The number of thioether (sulfide) groups is 1. The van der Waals surface area contributed by atoms with Gasteiger partial charge in [-0.15, -0.1) is 0 Å². The molecule has 0 aliphatic carbocycles. The molecule has 0 saturated carbocycles. The number of nitrogens with zero attached hydrogens (tertiary/aromatic N) is 1. The Balaban J connectivity index is 1.39. The Hall–Kier alpha value is -3.18. The minimum absolute atomic E-state index is 0.220.